The molecule has 0 heterocycles. The molecule has 0 aliphatic heterocycles. The number of thioether (sulfide) groups is 1. The Kier molecular flexibility index (Phi) is 7.01. The number of carboxylic acid groups (broad SMARTS) is 1. The molecule has 0 unspecified atom stereocenters. The van der Waals surface area contributed by atoms with Crippen molar-refractivity contribution in [1.82, 2.24) is 5.32 Å². The van der Waals surface area contributed by atoms with E-state index >= 15 is 0 Å². The molecule has 0 aromatic carbocycles. The number of nitrogens with one attached hydrogen (secondary N) is 1. The molecule has 0 fully saturated rings. The molecule has 4 nitrogen and oxygen atoms in total. The molecule has 0 aliphatic carbocycles. The van der Waals surface area contributed by atoms with Crippen LogP contribution in [0, 0.1) is 0 Å². The zero-order valence-electron chi connectivity index (χ0n) is 9.21. The second-order valence-electron chi connectivity index (χ2n) is 3.35. The largest absolute Gasteiger partial charge is 0.480 e. The van der Waals surface area contributed by atoms with Gasteiger partial charge in [0.2, 0.25) is 5.91 Å². The number of halogens is 3. The third-order valence-corrected chi connectivity index (χ3v) is 2.52. The van der Waals surface area contributed by atoms with E-state index in [-0.39, 0.29) is 6.42 Å². The fourth-order valence-corrected chi connectivity index (χ4v) is 1.49. The number of alkyl halides is 3. The number of carbonyl (C=O) groups excluding carboxylic acids is 1. The van der Waals surface area contributed by atoms with Crippen LogP contribution >= 0.6 is 11.8 Å². The summed E-state index contributed by atoms with van der Waals surface area (Å²) in [5.41, 5.74) is 0. The first-order valence-electron chi connectivity index (χ1n) is 4.84. The first-order chi connectivity index (χ1) is 7.76. The van der Waals surface area contributed by atoms with E-state index in [1.54, 1.807) is 6.26 Å². The van der Waals surface area contributed by atoms with E-state index in [1.165, 1.54) is 11.8 Å². The Hall–Kier alpha value is -0.920. The number of rotatable bonds is 7. The van der Waals surface area contributed by atoms with Crippen LogP contribution < -0.4 is 5.32 Å². The second-order valence-corrected chi connectivity index (χ2v) is 4.34. The van der Waals surface area contributed by atoms with Gasteiger partial charge in [0, 0.05) is 6.42 Å². The molecular weight excluding hydrogens is 259 g/mol. The standard InChI is InChI=1S/C9H14F3NO3S/c1-17-5-3-6(8(15)16)13-7(14)2-4-9(10,11)12/h6H,2-5H2,1H3,(H,13,14)(H,15,16)/t6-/m0/s1. The van der Waals surface area contributed by atoms with Gasteiger partial charge >= 0.3 is 12.1 Å². The van der Waals surface area contributed by atoms with Crippen molar-refractivity contribution in [3.63, 3.8) is 0 Å². The first kappa shape index (κ1) is 16.1. The van der Waals surface area contributed by atoms with Gasteiger partial charge in [-0.2, -0.15) is 24.9 Å². The zero-order valence-corrected chi connectivity index (χ0v) is 10.0. The van der Waals surface area contributed by atoms with Crippen LogP contribution in [0.15, 0.2) is 0 Å². The molecule has 2 N–H and O–H groups in total. The minimum atomic E-state index is -4.41. The molecule has 0 rings (SSSR count). The third-order valence-electron chi connectivity index (χ3n) is 1.88. The predicted octanol–water partition coefficient (Wildman–Crippen LogP) is 1.65. The summed E-state index contributed by atoms with van der Waals surface area (Å²) < 4.78 is 35.4. The van der Waals surface area contributed by atoms with Crippen LogP contribution in [0.4, 0.5) is 13.2 Å². The number of hydrogen-bond donors (Lipinski definition) is 2. The van der Waals surface area contributed by atoms with Gasteiger partial charge in [-0.15, -0.1) is 0 Å². The van der Waals surface area contributed by atoms with E-state index in [4.69, 9.17) is 5.11 Å². The molecule has 8 heteroatoms. The van der Waals surface area contributed by atoms with Crippen molar-refractivity contribution in [3.05, 3.63) is 0 Å². The molecule has 100 valence electrons. The van der Waals surface area contributed by atoms with E-state index in [1.807, 2.05) is 0 Å². The smallest absolute Gasteiger partial charge is 0.389 e. The maximum atomic E-state index is 11.8. The van der Waals surface area contributed by atoms with Crippen molar-refractivity contribution in [3.8, 4) is 0 Å². The van der Waals surface area contributed by atoms with Crippen LogP contribution in [0.2, 0.25) is 0 Å². The van der Waals surface area contributed by atoms with Gasteiger partial charge in [0.05, 0.1) is 6.42 Å². The lowest BCUT2D eigenvalue weighted by atomic mass is 10.2. The quantitative estimate of drug-likeness (QED) is 0.740. The molecule has 0 aliphatic rings. The van der Waals surface area contributed by atoms with Gasteiger partial charge < -0.3 is 10.4 Å². The summed E-state index contributed by atoms with van der Waals surface area (Å²) in [6.07, 6.45) is -4.44. The highest BCUT2D eigenvalue weighted by molar-refractivity contribution is 7.98. The number of amides is 1. The van der Waals surface area contributed by atoms with Crippen molar-refractivity contribution in [2.75, 3.05) is 12.0 Å². The van der Waals surface area contributed by atoms with Crippen LogP contribution in [0.25, 0.3) is 0 Å². The van der Waals surface area contributed by atoms with Crippen molar-refractivity contribution in [2.45, 2.75) is 31.5 Å². The molecule has 0 saturated carbocycles. The topological polar surface area (TPSA) is 66.4 Å². The Morgan fingerprint density at radius 1 is 1.41 bits per heavy atom. The molecule has 1 amide bonds. The van der Waals surface area contributed by atoms with Gasteiger partial charge in [-0.3, -0.25) is 4.79 Å². The van der Waals surface area contributed by atoms with Crippen molar-refractivity contribution < 1.29 is 27.9 Å². The van der Waals surface area contributed by atoms with E-state index < -0.39 is 36.9 Å². The lowest BCUT2D eigenvalue weighted by Gasteiger charge is -2.14. The Morgan fingerprint density at radius 2 is 2.00 bits per heavy atom. The van der Waals surface area contributed by atoms with Gasteiger partial charge in [-0.05, 0) is 18.4 Å². The summed E-state index contributed by atoms with van der Waals surface area (Å²) in [4.78, 5) is 21.8. The van der Waals surface area contributed by atoms with E-state index in [0.717, 1.165) is 0 Å². The predicted molar refractivity (Wildman–Crippen MR) is 57.9 cm³/mol. The Labute approximate surface area is 101 Å². The molecule has 0 radical (unpaired) electrons. The molecule has 0 aromatic heterocycles. The van der Waals surface area contributed by atoms with E-state index in [2.05, 4.69) is 5.32 Å². The Morgan fingerprint density at radius 3 is 2.41 bits per heavy atom. The lowest BCUT2D eigenvalue weighted by Crippen LogP contribution is -2.41. The highest BCUT2D eigenvalue weighted by Crippen LogP contribution is 2.21. The Balaban J connectivity index is 4.08. The molecule has 0 saturated heterocycles. The average Bonchev–Trinajstić information content (AvgIpc) is 2.19. The molecule has 17 heavy (non-hydrogen) atoms. The highest BCUT2D eigenvalue weighted by atomic mass is 32.2. The number of hydrogen-bond acceptors (Lipinski definition) is 3. The summed E-state index contributed by atoms with van der Waals surface area (Å²) in [5, 5.41) is 10.8. The molecular formula is C9H14F3NO3S. The van der Waals surface area contributed by atoms with Crippen molar-refractivity contribution in [1.29, 1.82) is 0 Å². The summed E-state index contributed by atoms with van der Waals surface area (Å²) in [6, 6.07) is -1.12. The van der Waals surface area contributed by atoms with Crippen molar-refractivity contribution >= 4 is 23.6 Å². The van der Waals surface area contributed by atoms with Gasteiger partial charge in [0.1, 0.15) is 6.04 Å². The monoisotopic (exact) mass is 273 g/mol. The average molecular weight is 273 g/mol. The highest BCUT2D eigenvalue weighted by Gasteiger charge is 2.29. The maximum Gasteiger partial charge on any atom is 0.389 e. The van der Waals surface area contributed by atoms with Gasteiger partial charge in [0.25, 0.3) is 0 Å². The van der Waals surface area contributed by atoms with Crippen molar-refractivity contribution in [2.24, 2.45) is 0 Å². The Bertz CT molecular complexity index is 271. The fourth-order valence-electron chi connectivity index (χ4n) is 1.01. The number of carboxylic acids is 1. The van der Waals surface area contributed by atoms with Crippen LogP contribution in [0.3, 0.4) is 0 Å². The lowest BCUT2D eigenvalue weighted by molar-refractivity contribution is -0.146. The second kappa shape index (κ2) is 7.41. The van der Waals surface area contributed by atoms with Crippen LogP contribution in [-0.4, -0.2) is 41.2 Å². The van der Waals surface area contributed by atoms with Gasteiger partial charge in [0.15, 0.2) is 0 Å². The minimum Gasteiger partial charge on any atom is -0.480 e. The van der Waals surface area contributed by atoms with Gasteiger partial charge in [-0.25, -0.2) is 4.79 Å². The van der Waals surface area contributed by atoms with Crippen LogP contribution in [0.5, 0.6) is 0 Å². The van der Waals surface area contributed by atoms with Crippen LogP contribution in [0.1, 0.15) is 19.3 Å². The number of carbonyl (C=O) groups is 2. The van der Waals surface area contributed by atoms with E-state index in [0.29, 0.717) is 5.75 Å². The summed E-state index contributed by atoms with van der Waals surface area (Å²) in [5.74, 6) is -1.62. The maximum absolute atomic E-state index is 11.8. The molecule has 0 bridgehead atoms. The normalized spacial score (nSPS) is 13.2. The third kappa shape index (κ3) is 8.84. The van der Waals surface area contributed by atoms with Gasteiger partial charge in [-0.1, -0.05) is 0 Å². The summed E-state index contributed by atoms with van der Waals surface area (Å²) in [7, 11) is 0. The molecule has 1 atom stereocenters. The van der Waals surface area contributed by atoms with E-state index in [9.17, 15) is 22.8 Å². The molecule has 0 spiro atoms. The molecule has 0 aromatic rings. The number of aliphatic carboxylic acids is 1. The SMILES string of the molecule is CSCC[C@H](NC(=O)CCC(F)(F)F)C(=O)O. The zero-order chi connectivity index (χ0) is 13.5. The fraction of sp³-hybridized carbons (Fsp3) is 0.778. The summed E-state index contributed by atoms with van der Waals surface area (Å²) in [6.45, 7) is 0. The summed E-state index contributed by atoms with van der Waals surface area (Å²) >= 11 is 1.40. The minimum absolute atomic E-state index is 0.189. The van der Waals surface area contributed by atoms with Crippen LogP contribution in [-0.2, 0) is 9.59 Å². The first-order valence-corrected chi connectivity index (χ1v) is 6.23.